The van der Waals surface area contributed by atoms with E-state index in [1.807, 2.05) is 0 Å². The van der Waals surface area contributed by atoms with E-state index >= 15 is 0 Å². The van der Waals surface area contributed by atoms with Gasteiger partial charge in [0.25, 0.3) is 0 Å². The topological polar surface area (TPSA) is 9.23 Å². The molecule has 1 rings (SSSR count). The molecule has 1 aliphatic heterocycles. The molecule has 11 heavy (non-hydrogen) atoms. The van der Waals surface area contributed by atoms with Crippen LogP contribution < -0.4 is 0 Å². The monoisotopic (exact) mass is 176 g/mol. The van der Waals surface area contributed by atoms with Crippen molar-refractivity contribution in [1.82, 2.24) is 0 Å². The zero-order valence-corrected chi connectivity index (χ0v) is 7.94. The smallest absolute Gasteiger partial charge is 0.0579 e. The third-order valence-corrected chi connectivity index (χ3v) is 2.85. The summed E-state index contributed by atoms with van der Waals surface area (Å²) in [6.07, 6.45) is 5.35. The van der Waals surface area contributed by atoms with Crippen LogP contribution in [0, 0.1) is 5.92 Å². The number of halogens is 1. The number of hydrogen-bond acceptors (Lipinski definition) is 1. The average molecular weight is 177 g/mol. The van der Waals surface area contributed by atoms with Gasteiger partial charge in [0.15, 0.2) is 0 Å². The molecule has 0 aromatic carbocycles. The van der Waals surface area contributed by atoms with E-state index in [2.05, 4.69) is 6.92 Å². The number of rotatable bonds is 4. The molecule has 0 aromatic rings. The van der Waals surface area contributed by atoms with Crippen molar-refractivity contribution in [2.45, 2.75) is 38.7 Å². The van der Waals surface area contributed by atoms with Crippen molar-refractivity contribution < 1.29 is 4.74 Å². The molecular weight excluding hydrogens is 160 g/mol. The quantitative estimate of drug-likeness (QED) is 0.599. The molecule has 0 radical (unpaired) electrons. The van der Waals surface area contributed by atoms with E-state index in [1.165, 1.54) is 25.7 Å². The molecule has 1 heterocycles. The second-order valence-electron chi connectivity index (χ2n) is 3.30. The third-order valence-electron chi connectivity index (χ3n) is 2.42. The van der Waals surface area contributed by atoms with Gasteiger partial charge in [-0.3, -0.25) is 0 Å². The molecule has 1 unspecified atom stereocenters. The summed E-state index contributed by atoms with van der Waals surface area (Å²) in [7, 11) is 0. The summed E-state index contributed by atoms with van der Waals surface area (Å²) in [6.45, 7) is 3.16. The summed E-state index contributed by atoms with van der Waals surface area (Å²) >= 11 is 5.79. The summed E-state index contributed by atoms with van der Waals surface area (Å²) in [4.78, 5) is 0. The maximum atomic E-state index is 5.79. The van der Waals surface area contributed by atoms with E-state index in [0.29, 0.717) is 12.0 Å². The van der Waals surface area contributed by atoms with Crippen LogP contribution in [-0.2, 0) is 4.74 Å². The second kappa shape index (κ2) is 5.00. The summed E-state index contributed by atoms with van der Waals surface area (Å²) in [5, 5.41) is 0. The van der Waals surface area contributed by atoms with E-state index in [1.54, 1.807) is 0 Å². The fourth-order valence-corrected chi connectivity index (χ4v) is 1.88. The van der Waals surface area contributed by atoms with Crippen LogP contribution in [0.3, 0.4) is 0 Å². The molecule has 0 aromatic heterocycles. The molecule has 66 valence electrons. The lowest BCUT2D eigenvalue weighted by molar-refractivity contribution is 0.0917. The van der Waals surface area contributed by atoms with Crippen molar-refractivity contribution in [3.63, 3.8) is 0 Å². The average Bonchev–Trinajstić information content (AvgIpc) is 2.52. The maximum Gasteiger partial charge on any atom is 0.0579 e. The van der Waals surface area contributed by atoms with Gasteiger partial charge in [0.05, 0.1) is 6.10 Å². The molecule has 2 atom stereocenters. The summed E-state index contributed by atoms with van der Waals surface area (Å²) < 4.78 is 5.53. The predicted molar refractivity (Wildman–Crippen MR) is 48.1 cm³/mol. The van der Waals surface area contributed by atoms with Gasteiger partial charge in [-0.1, -0.05) is 13.3 Å². The Morgan fingerprint density at radius 2 is 2.45 bits per heavy atom. The van der Waals surface area contributed by atoms with Gasteiger partial charge in [-0.05, 0) is 25.2 Å². The van der Waals surface area contributed by atoms with Gasteiger partial charge in [0.1, 0.15) is 0 Å². The number of ether oxygens (including phenoxy) is 1. The first-order valence-electron chi connectivity index (χ1n) is 4.54. The van der Waals surface area contributed by atoms with Crippen molar-refractivity contribution in [2.24, 2.45) is 5.92 Å². The second-order valence-corrected chi connectivity index (χ2v) is 3.61. The Balaban J connectivity index is 2.16. The minimum Gasteiger partial charge on any atom is -0.378 e. The van der Waals surface area contributed by atoms with E-state index in [4.69, 9.17) is 16.3 Å². The van der Waals surface area contributed by atoms with Crippen LogP contribution in [-0.4, -0.2) is 18.6 Å². The van der Waals surface area contributed by atoms with Gasteiger partial charge < -0.3 is 4.74 Å². The Labute approximate surface area is 74.1 Å². The molecule has 2 heteroatoms. The lowest BCUT2D eigenvalue weighted by Crippen LogP contribution is -2.13. The maximum absolute atomic E-state index is 5.79. The number of alkyl halides is 1. The molecule has 1 fully saturated rings. The molecule has 0 amide bonds. The zero-order valence-electron chi connectivity index (χ0n) is 7.18. The first-order chi connectivity index (χ1) is 5.36. The highest BCUT2D eigenvalue weighted by molar-refractivity contribution is 6.18. The van der Waals surface area contributed by atoms with Crippen LogP contribution >= 0.6 is 11.6 Å². The third kappa shape index (κ3) is 3.00. The Morgan fingerprint density at radius 3 is 2.91 bits per heavy atom. The molecule has 0 bridgehead atoms. The molecule has 1 saturated heterocycles. The Kier molecular flexibility index (Phi) is 4.24. The van der Waals surface area contributed by atoms with Gasteiger partial charge in [0, 0.05) is 12.5 Å². The highest BCUT2D eigenvalue weighted by atomic mass is 35.5. The molecule has 1 aliphatic rings. The van der Waals surface area contributed by atoms with Gasteiger partial charge in [0.2, 0.25) is 0 Å². The van der Waals surface area contributed by atoms with Gasteiger partial charge in [-0.25, -0.2) is 0 Å². The largest absolute Gasteiger partial charge is 0.378 e. The van der Waals surface area contributed by atoms with E-state index in [9.17, 15) is 0 Å². The van der Waals surface area contributed by atoms with Gasteiger partial charge >= 0.3 is 0 Å². The Hall–Kier alpha value is 0.250. The van der Waals surface area contributed by atoms with Crippen molar-refractivity contribution in [1.29, 1.82) is 0 Å². The summed E-state index contributed by atoms with van der Waals surface area (Å²) in [5.41, 5.74) is 0. The van der Waals surface area contributed by atoms with E-state index < -0.39 is 0 Å². The van der Waals surface area contributed by atoms with E-state index in [-0.39, 0.29) is 0 Å². The zero-order chi connectivity index (χ0) is 8.10. The molecule has 1 nitrogen and oxygen atoms in total. The molecule has 0 aliphatic carbocycles. The first-order valence-corrected chi connectivity index (χ1v) is 5.07. The fourth-order valence-electron chi connectivity index (χ4n) is 1.54. The van der Waals surface area contributed by atoms with Crippen LogP contribution in [0.2, 0.25) is 0 Å². The van der Waals surface area contributed by atoms with Crippen molar-refractivity contribution in [2.75, 3.05) is 12.5 Å². The van der Waals surface area contributed by atoms with Crippen LogP contribution in [0.1, 0.15) is 32.6 Å². The highest BCUT2D eigenvalue weighted by Crippen LogP contribution is 2.22. The Bertz CT molecular complexity index is 95.7. The highest BCUT2D eigenvalue weighted by Gasteiger charge is 2.18. The van der Waals surface area contributed by atoms with Crippen molar-refractivity contribution in [3.8, 4) is 0 Å². The lowest BCUT2D eigenvalue weighted by atomic mass is 9.99. The normalized spacial score (nSPS) is 27.3. The SMILES string of the molecule is CCC(CCl)C[C@H]1CCCO1. The minimum absolute atomic E-state index is 0.513. The number of hydrogen-bond donors (Lipinski definition) is 0. The van der Waals surface area contributed by atoms with Crippen LogP contribution in [0.5, 0.6) is 0 Å². The lowest BCUT2D eigenvalue weighted by Gasteiger charge is -2.15. The van der Waals surface area contributed by atoms with Gasteiger partial charge in [-0.2, -0.15) is 0 Å². The van der Waals surface area contributed by atoms with Crippen molar-refractivity contribution in [3.05, 3.63) is 0 Å². The van der Waals surface area contributed by atoms with Crippen molar-refractivity contribution >= 4 is 11.6 Å². The van der Waals surface area contributed by atoms with Crippen LogP contribution in [0.4, 0.5) is 0 Å². The summed E-state index contributed by atoms with van der Waals surface area (Å²) in [5.74, 6) is 1.45. The molecule has 0 spiro atoms. The standard InChI is InChI=1S/C9H17ClO/c1-2-8(7-10)6-9-4-3-5-11-9/h8-9H,2-7H2,1H3/t8?,9-/m1/s1. The molecule has 0 saturated carbocycles. The van der Waals surface area contributed by atoms with Crippen LogP contribution in [0.15, 0.2) is 0 Å². The van der Waals surface area contributed by atoms with Crippen LogP contribution in [0.25, 0.3) is 0 Å². The fraction of sp³-hybridized carbons (Fsp3) is 1.00. The molecular formula is C9H17ClO. The first kappa shape index (κ1) is 9.34. The van der Waals surface area contributed by atoms with E-state index in [0.717, 1.165) is 12.5 Å². The molecule has 0 N–H and O–H groups in total. The Morgan fingerprint density at radius 1 is 1.64 bits per heavy atom. The predicted octanol–water partition coefficient (Wildman–Crippen LogP) is 2.82. The minimum atomic E-state index is 0.513. The summed E-state index contributed by atoms with van der Waals surface area (Å²) in [6, 6.07) is 0. The van der Waals surface area contributed by atoms with Gasteiger partial charge in [-0.15, -0.1) is 11.6 Å².